The van der Waals surface area contributed by atoms with Gasteiger partial charge in [-0.25, -0.2) is 23.1 Å². The molecule has 4 aromatic rings. The van der Waals surface area contributed by atoms with Crippen molar-refractivity contribution in [3.8, 4) is 11.3 Å². The number of rotatable bonds is 2. The van der Waals surface area contributed by atoms with Crippen LogP contribution in [0, 0.1) is 13.8 Å². The maximum Gasteiger partial charge on any atom is 0.264 e. The van der Waals surface area contributed by atoms with Gasteiger partial charge in [-0.1, -0.05) is 69.3 Å². The van der Waals surface area contributed by atoms with Crippen molar-refractivity contribution in [1.82, 2.24) is 14.9 Å². The van der Waals surface area contributed by atoms with Crippen LogP contribution in [0.1, 0.15) is 71.4 Å². The molecule has 0 unspecified atom stereocenters. The van der Waals surface area contributed by atoms with E-state index in [4.69, 9.17) is 9.97 Å². The number of benzene rings is 3. The van der Waals surface area contributed by atoms with Crippen LogP contribution in [0.3, 0.4) is 0 Å². The number of hydrogen-bond donors (Lipinski definition) is 1. The lowest BCUT2D eigenvalue weighted by molar-refractivity contribution is 0.0791. The van der Waals surface area contributed by atoms with Crippen LogP contribution >= 0.6 is 0 Å². The second-order valence-electron chi connectivity index (χ2n) is 11.8. The Hall–Kier alpha value is -4.04. The zero-order valence-electron chi connectivity index (χ0n) is 24.4. The first-order valence-corrected chi connectivity index (χ1v) is 15.3. The monoisotopic (exact) mass is 568 g/mol. The summed E-state index contributed by atoms with van der Waals surface area (Å²) in [7, 11) is -2.32. The van der Waals surface area contributed by atoms with Crippen molar-refractivity contribution in [2.75, 3.05) is 18.3 Å². The summed E-state index contributed by atoms with van der Waals surface area (Å²) in [6, 6.07) is 22.6. The number of amides is 1. The van der Waals surface area contributed by atoms with Gasteiger partial charge < -0.3 is 4.90 Å². The van der Waals surface area contributed by atoms with E-state index in [1.807, 2.05) is 38.1 Å². The van der Waals surface area contributed by atoms with Crippen molar-refractivity contribution in [2.24, 2.45) is 0 Å². The maximum atomic E-state index is 13.5. The van der Waals surface area contributed by atoms with Crippen LogP contribution in [0.25, 0.3) is 11.3 Å². The molecule has 3 aromatic carbocycles. The molecule has 5 rings (SSSR count). The van der Waals surface area contributed by atoms with Gasteiger partial charge in [0.1, 0.15) is 0 Å². The number of aryl methyl sites for hydroxylation is 2. The Labute approximate surface area is 242 Å². The molecule has 1 aliphatic heterocycles. The van der Waals surface area contributed by atoms with E-state index in [1.165, 1.54) is 17.7 Å². The quantitative estimate of drug-likeness (QED) is 0.299. The number of fused-ring (bicyclic) bond motifs is 4. The van der Waals surface area contributed by atoms with Crippen LogP contribution in [0.15, 0.2) is 77.7 Å². The molecule has 0 fully saturated rings. The van der Waals surface area contributed by atoms with Crippen LogP contribution in [-0.4, -0.2) is 42.8 Å². The van der Waals surface area contributed by atoms with E-state index in [-0.39, 0.29) is 28.1 Å². The van der Waals surface area contributed by atoms with Gasteiger partial charge in [-0.05, 0) is 72.2 Å². The van der Waals surface area contributed by atoms with Crippen molar-refractivity contribution >= 4 is 21.9 Å². The van der Waals surface area contributed by atoms with Gasteiger partial charge in [-0.2, -0.15) is 0 Å². The number of anilines is 1. The molecule has 41 heavy (non-hydrogen) atoms. The standard InChI is InChI=1S/C33H36N4O3S/c1-21-9-7-10-22(2)30(21)29-20-28-27(23-13-15-25(16-14-23)33(3,4)5)17-18-37(6)31(38)24-11-8-12-26(19-24)41(39,40)36-32(34-28)35-29/h7-16,19-20,27H,17-18H2,1-6H3,(H,34,35,36)/t27-/m0/s1. The van der Waals surface area contributed by atoms with Crippen LogP contribution in [0.5, 0.6) is 0 Å². The fourth-order valence-corrected chi connectivity index (χ4v) is 6.35. The Bertz CT molecular complexity index is 1700. The first kappa shape index (κ1) is 28.5. The highest BCUT2D eigenvalue weighted by molar-refractivity contribution is 7.92. The Balaban J connectivity index is 1.73. The SMILES string of the molecule is Cc1cccc(C)c1-c1cc2nc(n1)NS(=O)(=O)c1cccc(c1)C(=O)N(C)CC[C@H]2c1ccc(C(C)(C)C)cc1. The third-order valence-corrected chi connectivity index (χ3v) is 9.06. The molecule has 0 spiro atoms. The van der Waals surface area contributed by atoms with Crippen LogP contribution < -0.4 is 4.72 Å². The molecular weight excluding hydrogens is 532 g/mol. The van der Waals surface area contributed by atoms with Crippen molar-refractivity contribution in [1.29, 1.82) is 0 Å². The lowest BCUT2D eigenvalue weighted by Crippen LogP contribution is -2.29. The smallest absolute Gasteiger partial charge is 0.264 e. The fourth-order valence-electron chi connectivity index (χ4n) is 5.36. The molecule has 1 atom stereocenters. The molecule has 0 radical (unpaired) electrons. The Morgan fingerprint density at radius 2 is 1.56 bits per heavy atom. The molecule has 212 valence electrons. The minimum Gasteiger partial charge on any atom is -0.342 e. The number of nitrogens with one attached hydrogen (secondary N) is 1. The third kappa shape index (κ3) is 5.88. The summed E-state index contributed by atoms with van der Waals surface area (Å²) in [5.41, 5.74) is 6.90. The van der Waals surface area contributed by atoms with Gasteiger partial charge in [0.05, 0.1) is 16.3 Å². The highest BCUT2D eigenvalue weighted by atomic mass is 32.2. The first-order chi connectivity index (χ1) is 19.3. The highest BCUT2D eigenvalue weighted by Gasteiger charge is 2.26. The number of carbonyl (C=O) groups excluding carboxylic acids is 1. The van der Waals surface area contributed by atoms with Crippen molar-refractivity contribution in [3.63, 3.8) is 0 Å². The van der Waals surface area contributed by atoms with E-state index in [0.29, 0.717) is 29.9 Å². The summed E-state index contributed by atoms with van der Waals surface area (Å²) in [5.74, 6) is -0.449. The molecule has 8 heteroatoms. The molecular formula is C33H36N4O3S. The second-order valence-corrected chi connectivity index (χ2v) is 13.5. The highest BCUT2D eigenvalue weighted by Crippen LogP contribution is 2.34. The number of carbonyl (C=O) groups is 1. The Morgan fingerprint density at radius 1 is 0.902 bits per heavy atom. The minimum atomic E-state index is -4.07. The largest absolute Gasteiger partial charge is 0.342 e. The lowest BCUT2D eigenvalue weighted by atomic mass is 9.84. The molecule has 1 aliphatic rings. The zero-order valence-corrected chi connectivity index (χ0v) is 25.2. The summed E-state index contributed by atoms with van der Waals surface area (Å²) < 4.78 is 29.6. The first-order valence-electron chi connectivity index (χ1n) is 13.8. The second kappa shape index (κ2) is 10.7. The average molecular weight is 569 g/mol. The molecule has 7 nitrogen and oxygen atoms in total. The normalized spacial score (nSPS) is 17.2. The average Bonchev–Trinajstić information content (AvgIpc) is 2.92. The van der Waals surface area contributed by atoms with E-state index in [1.54, 1.807) is 24.1 Å². The van der Waals surface area contributed by atoms with Gasteiger partial charge in [0.25, 0.3) is 15.9 Å². The summed E-state index contributed by atoms with van der Waals surface area (Å²) in [6.07, 6.45) is 0.589. The number of aromatic nitrogens is 2. The van der Waals surface area contributed by atoms with Crippen molar-refractivity contribution < 1.29 is 13.2 Å². The summed E-state index contributed by atoms with van der Waals surface area (Å²) >= 11 is 0. The number of sulfonamides is 1. The van der Waals surface area contributed by atoms with Crippen LogP contribution in [-0.2, 0) is 15.4 Å². The molecule has 1 N–H and O–H groups in total. The van der Waals surface area contributed by atoms with Gasteiger partial charge in [-0.3, -0.25) is 4.79 Å². The molecule has 0 saturated carbocycles. The summed E-state index contributed by atoms with van der Waals surface area (Å²) in [5, 5.41) is 0. The minimum absolute atomic E-state index is 0.000434. The molecule has 0 saturated heterocycles. The molecule has 4 bridgehead atoms. The predicted molar refractivity (Wildman–Crippen MR) is 163 cm³/mol. The van der Waals surface area contributed by atoms with E-state index in [0.717, 1.165) is 22.3 Å². The maximum absolute atomic E-state index is 13.5. The molecule has 1 amide bonds. The van der Waals surface area contributed by atoms with E-state index in [2.05, 4.69) is 49.8 Å². The van der Waals surface area contributed by atoms with Gasteiger partial charge in [0, 0.05) is 30.6 Å². The van der Waals surface area contributed by atoms with Crippen molar-refractivity contribution in [3.05, 3.63) is 106 Å². The Kier molecular flexibility index (Phi) is 7.46. The Morgan fingerprint density at radius 3 is 2.22 bits per heavy atom. The van der Waals surface area contributed by atoms with Crippen LogP contribution in [0.4, 0.5) is 5.95 Å². The topological polar surface area (TPSA) is 92.3 Å². The predicted octanol–water partition coefficient (Wildman–Crippen LogP) is 6.47. The van der Waals surface area contributed by atoms with Crippen molar-refractivity contribution in [2.45, 2.75) is 57.3 Å². The van der Waals surface area contributed by atoms with E-state index in [9.17, 15) is 13.2 Å². The zero-order chi connectivity index (χ0) is 29.5. The molecule has 2 heterocycles. The lowest BCUT2D eigenvalue weighted by Gasteiger charge is -2.24. The molecule has 0 aliphatic carbocycles. The van der Waals surface area contributed by atoms with Gasteiger partial charge in [-0.15, -0.1) is 0 Å². The van der Waals surface area contributed by atoms with Gasteiger partial charge >= 0.3 is 0 Å². The van der Waals surface area contributed by atoms with Gasteiger partial charge in [0.15, 0.2) is 0 Å². The number of hydrogen-bond acceptors (Lipinski definition) is 5. The number of nitrogens with zero attached hydrogens (tertiary/aromatic N) is 3. The summed E-state index contributed by atoms with van der Waals surface area (Å²) in [4.78, 5) is 24.4. The summed E-state index contributed by atoms with van der Waals surface area (Å²) in [6.45, 7) is 11.0. The van der Waals surface area contributed by atoms with Crippen LogP contribution in [0.2, 0.25) is 0 Å². The molecule has 1 aromatic heterocycles. The van der Waals surface area contributed by atoms with Gasteiger partial charge in [0.2, 0.25) is 5.95 Å². The fraction of sp³-hybridized carbons (Fsp3) is 0.303. The third-order valence-electron chi connectivity index (χ3n) is 7.74. The van der Waals surface area contributed by atoms with E-state index >= 15 is 0 Å². The van der Waals surface area contributed by atoms with E-state index < -0.39 is 10.0 Å².